The van der Waals surface area contributed by atoms with Gasteiger partial charge in [0.05, 0.1) is 5.22 Å². The molecule has 139 heavy (non-hydrogen) atoms. The molecule has 5 rings (SSSR count). The standard InChI is InChI=1S/C17H20F2.C16H22F2.C12H16F2.13CH4.H2N22.H3N21.H4N12.H3N11.N6.HN3/c1-4-6-12-8-9-13-10-14(7-5-2)16(18)17(19)15(13)11(12)3;1-3-5-11-7-8-12-10-13(6-4-2)15(17)16(18)14(12)9-11;1-3-5-9-7-8-10(6-4-2)12(14)11(9)13;;;;;;;;;;;;;;1-3-5-7-9-11-13-15-17-19-21-22-20-18-16-14-12-10-8-6-4-2;1-3-5-7-9-11-13-15-17-19-21-20-18-16-14-12-10-8-6-4-2;1-3-5-7-9-11-12-10-8-6-4-2;1-3-5-7-9-11-10-8-6-4-2;1-3-5-6-4-2;1-3-2/h8-10H,4-7H2,1-3H3;10-11H,3-9H2,1-2H3;7-8H,3-6H2,1-2H3;13*1H4;1-2H;(H3,1,2,5,6,9,10,13,14,17,18,21);(H2,1,4,5,8,9,12)(H2,2,3,6,7,10,11);(H3,1,2,5,6,9,10);;1H/b;;;;;;;;;;;;;;;;3-1?,4-2?,7-5+,8-6+,11-9+,12-10+,15-13+,16-14+,19-17+,20-18+,22-21+;;;;;. The number of nitrogens with one attached hydrogen (secondary N) is 5. The van der Waals surface area contributed by atoms with Crippen LogP contribution in [0.4, 0.5) is 26.3 Å². The number of hydrogen-bond donors (Lipinski definition) is 9. The number of halogens is 6. The van der Waals surface area contributed by atoms with Crippen LogP contribution in [0.15, 0.2) is 350 Å². The van der Waals surface area contributed by atoms with E-state index in [0.717, 1.165) is 92.7 Å². The highest BCUT2D eigenvalue weighted by atomic mass is 19.2. The summed E-state index contributed by atoms with van der Waals surface area (Å²) < 4.78 is 83.1. The van der Waals surface area contributed by atoms with Gasteiger partial charge in [0.2, 0.25) is 0 Å². The third-order valence-electron chi connectivity index (χ3n) is 12.3. The van der Waals surface area contributed by atoms with Crippen LogP contribution in [-0.2, 0) is 44.9 Å². The largest absolute Gasteiger partial charge is 0.303 e. The third-order valence-corrected chi connectivity index (χ3v) is 12.3. The molecule has 1 aliphatic rings. The third kappa shape index (κ3) is 89.8. The fourth-order valence-electron chi connectivity index (χ4n) is 8.27. The fourth-order valence-corrected chi connectivity index (χ4v) is 8.27. The van der Waals surface area contributed by atoms with Crippen LogP contribution in [0.5, 0.6) is 0 Å². The molecule has 0 amide bonds. The first-order valence-corrected chi connectivity index (χ1v) is 33.5. The van der Waals surface area contributed by atoms with Gasteiger partial charge in [-0.05, 0) is 376 Å². The summed E-state index contributed by atoms with van der Waals surface area (Å²) in [7, 11) is 0. The molecule has 75 nitrogen and oxygen atoms in total. The quantitative estimate of drug-likeness (QED) is 0.00523. The normalized spacial score (nSPS) is 11.8. The first-order valence-electron chi connectivity index (χ1n) is 33.5. The van der Waals surface area contributed by atoms with Gasteiger partial charge in [0.25, 0.3) is 5.22 Å². The molecule has 81 heteroatoms. The summed E-state index contributed by atoms with van der Waals surface area (Å²) in [6, 6.07) is 11.0. The van der Waals surface area contributed by atoms with E-state index in [2.05, 4.69) is 360 Å². The summed E-state index contributed by atoms with van der Waals surface area (Å²) in [6.45, 7) is 14.0. The molecule has 0 radical (unpaired) electrons. The van der Waals surface area contributed by atoms with Gasteiger partial charge in [-0.1, -0.05) is 240 Å². The van der Waals surface area contributed by atoms with Crippen molar-refractivity contribution in [3.63, 3.8) is 0 Å². The van der Waals surface area contributed by atoms with Crippen LogP contribution in [-0.4, -0.2) is 0 Å². The summed E-state index contributed by atoms with van der Waals surface area (Å²) in [6.07, 6.45) is 12.7. The molecule has 4 aromatic carbocycles. The number of nitrogens with two attached hydrogens (primary N) is 4. The zero-order chi connectivity index (χ0) is 94.2. The zero-order valence-electron chi connectivity index (χ0n) is 66.2. The lowest BCUT2D eigenvalue weighted by molar-refractivity contribution is 0.400. The monoisotopic (exact) mass is 1980 g/mol. The van der Waals surface area contributed by atoms with Crippen molar-refractivity contribution in [3.8, 4) is 0 Å². The van der Waals surface area contributed by atoms with Crippen molar-refractivity contribution in [1.82, 2.24) is 0 Å². The maximum absolute atomic E-state index is 14.3. The lowest BCUT2D eigenvalue weighted by atomic mass is 9.80. The molecule has 772 valence electrons. The van der Waals surface area contributed by atoms with Crippen LogP contribution < -0.4 is 23.4 Å². The molecule has 0 spiro atoms. The van der Waals surface area contributed by atoms with E-state index in [9.17, 15) is 26.3 Å². The summed E-state index contributed by atoms with van der Waals surface area (Å²) >= 11 is 0. The van der Waals surface area contributed by atoms with Crippen LogP contribution in [0.25, 0.3) is 42.1 Å². The summed E-state index contributed by atoms with van der Waals surface area (Å²) in [5, 5.41) is 173. The van der Waals surface area contributed by atoms with Crippen molar-refractivity contribution < 1.29 is 26.3 Å². The molecule has 1 aliphatic carbocycles. The molecule has 1 atom stereocenters. The van der Waals surface area contributed by atoms with E-state index in [0.29, 0.717) is 64.8 Å². The van der Waals surface area contributed by atoms with Crippen LogP contribution in [0.2, 0.25) is 0 Å². The van der Waals surface area contributed by atoms with Crippen molar-refractivity contribution in [1.29, 1.82) is 27.7 Å². The molecular weight excluding hydrogens is 1860 g/mol. The van der Waals surface area contributed by atoms with E-state index in [-0.39, 0.29) is 96.5 Å². The Labute approximate surface area is 793 Å². The van der Waals surface area contributed by atoms with Gasteiger partial charge in [0, 0.05) is 46.9 Å². The second-order valence-corrected chi connectivity index (χ2v) is 19.9. The van der Waals surface area contributed by atoms with Gasteiger partial charge in [-0.15, -0.1) is 11.1 Å². The zero-order valence-corrected chi connectivity index (χ0v) is 66.2. The maximum atomic E-state index is 14.3. The van der Waals surface area contributed by atoms with Crippen molar-refractivity contribution in [2.45, 2.75) is 241 Å². The van der Waals surface area contributed by atoms with E-state index in [1.54, 1.807) is 23.1 Å². The second kappa shape index (κ2) is 124. The second-order valence-electron chi connectivity index (χ2n) is 19.9. The van der Waals surface area contributed by atoms with E-state index >= 15 is 0 Å². The molecular formula is C58H123F6N75. The fraction of sp³-hybridized carbons (Fsp3) is 0.621. The Balaban J connectivity index is -0.0000000815. The van der Waals surface area contributed by atoms with E-state index in [1.807, 2.05) is 52.8 Å². The minimum atomic E-state index is -0.684. The minimum absolute atomic E-state index is 0. The lowest BCUT2D eigenvalue weighted by Gasteiger charge is -2.25. The highest BCUT2D eigenvalue weighted by Gasteiger charge is 2.25. The molecule has 0 saturated carbocycles. The van der Waals surface area contributed by atoms with E-state index < -0.39 is 34.9 Å². The minimum Gasteiger partial charge on any atom is -0.303 e. The predicted octanol–water partition coefficient (Wildman–Crippen LogP) is 34.2. The number of fused-ring (bicyclic) bond motifs is 2. The number of rotatable bonds is 40. The van der Waals surface area contributed by atoms with Crippen LogP contribution in [0.3, 0.4) is 0 Å². The smallest absolute Gasteiger partial charge is 0.280 e. The maximum Gasteiger partial charge on any atom is 0.280 e. The Morgan fingerprint density at radius 2 is 0.518 bits per heavy atom. The van der Waals surface area contributed by atoms with Gasteiger partial charge in [0.1, 0.15) is 0 Å². The number of benzene rings is 4. The van der Waals surface area contributed by atoms with Crippen molar-refractivity contribution in [2.24, 2.45) is 343 Å². The average Bonchev–Trinajstić information content (AvgIpc) is 0.771. The molecule has 1 unspecified atom stereocenters. The highest BCUT2D eigenvalue weighted by molar-refractivity contribution is 5.88. The molecule has 0 bridgehead atoms. The van der Waals surface area contributed by atoms with Gasteiger partial charge in [-0.2, -0.15) is 27.0 Å². The van der Waals surface area contributed by atoms with Crippen molar-refractivity contribution in [2.75, 3.05) is 0 Å². The predicted molar refractivity (Wildman–Crippen MR) is 485 cm³/mol. The summed E-state index contributed by atoms with van der Waals surface area (Å²) in [4.78, 5) is 6.01. The van der Waals surface area contributed by atoms with Crippen LogP contribution in [0.1, 0.15) is 234 Å². The highest BCUT2D eigenvalue weighted by Crippen LogP contribution is 2.34. The molecule has 0 aromatic heterocycles. The van der Waals surface area contributed by atoms with Crippen molar-refractivity contribution >= 4 is 10.8 Å². The van der Waals surface area contributed by atoms with E-state index in [1.165, 1.54) is 0 Å². The Bertz CT molecular complexity index is 4680. The Morgan fingerprint density at radius 1 is 0.302 bits per heavy atom. The molecule has 4 aromatic rings. The number of aryl methyl sites for hydroxylation is 7. The number of hydrogen-bond acceptors (Lipinski definition) is 9. The summed E-state index contributed by atoms with van der Waals surface area (Å²) in [5.41, 5.74) is 57.4. The van der Waals surface area contributed by atoms with Gasteiger partial charge < -0.3 is 23.4 Å². The van der Waals surface area contributed by atoms with Gasteiger partial charge in [-0.25, -0.2) is 26.3 Å². The molecule has 0 fully saturated rings. The molecule has 0 aliphatic heterocycles. The molecule has 0 heterocycles. The Hall–Kier alpha value is -18.5. The molecule has 13 N–H and O–H groups in total. The summed E-state index contributed by atoms with van der Waals surface area (Å²) in [5.74, 6) is 14.9. The van der Waals surface area contributed by atoms with Gasteiger partial charge >= 0.3 is 0 Å². The number of nitrogens with zero attached hydrogens (tertiary/aromatic N) is 66. The Morgan fingerprint density at radius 3 is 0.755 bits per heavy atom. The van der Waals surface area contributed by atoms with Crippen LogP contribution in [0, 0.1) is 75.4 Å². The average molecular weight is 1990 g/mol. The van der Waals surface area contributed by atoms with E-state index in [4.69, 9.17) is 44.2 Å². The van der Waals surface area contributed by atoms with Gasteiger partial charge in [-0.3, -0.25) is 0 Å². The Kier molecular flexibility index (Phi) is 143. The molecule has 0 saturated heterocycles. The SMILES string of the molecule is C.C.C.C.C.C.C.C.C.C.C.C.C.CCCc1cc2c(c(F)c1F)CC(CCC)CC2.CCCc1cc2ccc(CCC)c(C)c2c(F)c1F.CCCc1ccc(CCC)c(F)c1F.N/N=N/N=N/N=N/N=N/N=N/N.N=N/N=N/N=N/N=N/N=N/N.N=N/N=N/N=N/N=N/N=N/N=N/N=N/N=N/N=N/N=N/N.N=N/N=N/N=N/N=N/N=N/N=N/N=N/N=N/N=N/N=N/N=N.[N-]=[N+]=N.[N-]=[N+]=NN=[N+]=[N-]. The van der Waals surface area contributed by atoms with Crippen LogP contribution >= 0.6 is 0 Å². The first-order chi connectivity index (χ1) is 61.5. The first kappa shape index (κ1) is 161. The number of azide groups is 2. The van der Waals surface area contributed by atoms with Crippen molar-refractivity contribution in [3.05, 3.63) is 147 Å². The lowest BCUT2D eigenvalue weighted by Crippen LogP contribution is -2.17. The van der Waals surface area contributed by atoms with Gasteiger partial charge in [0.15, 0.2) is 34.9 Å². The topological polar surface area (TPSA) is 1070 Å².